The fourth-order valence-corrected chi connectivity index (χ4v) is 2.20. The van der Waals surface area contributed by atoms with E-state index >= 15 is 0 Å². The number of hydrogen-bond acceptors (Lipinski definition) is 5. The first kappa shape index (κ1) is 16.0. The van der Waals surface area contributed by atoms with Gasteiger partial charge in [0.05, 0.1) is 25.0 Å². The smallest absolute Gasteiger partial charge is 0.309 e. The first-order valence-electron chi connectivity index (χ1n) is 6.98. The van der Waals surface area contributed by atoms with Gasteiger partial charge >= 0.3 is 11.9 Å². The molecule has 0 bridgehead atoms. The van der Waals surface area contributed by atoms with Crippen molar-refractivity contribution in [1.29, 1.82) is 0 Å². The minimum absolute atomic E-state index is 0.0508. The van der Waals surface area contributed by atoms with Crippen molar-refractivity contribution in [2.45, 2.75) is 39.5 Å². The molecule has 1 aliphatic carbocycles. The zero-order chi connectivity index (χ0) is 14.3. The van der Waals surface area contributed by atoms with E-state index in [1.165, 1.54) is 0 Å². The second-order valence-corrected chi connectivity index (χ2v) is 5.46. The van der Waals surface area contributed by atoms with Crippen molar-refractivity contribution >= 4 is 11.9 Å². The van der Waals surface area contributed by atoms with Crippen molar-refractivity contribution in [1.82, 2.24) is 0 Å². The van der Waals surface area contributed by atoms with Gasteiger partial charge < -0.3 is 14.6 Å². The van der Waals surface area contributed by atoms with E-state index in [4.69, 9.17) is 14.6 Å². The lowest BCUT2D eigenvalue weighted by Gasteiger charge is -2.26. The molecule has 5 nitrogen and oxygen atoms in total. The molecule has 0 aromatic carbocycles. The van der Waals surface area contributed by atoms with Gasteiger partial charge in [-0.05, 0) is 31.6 Å². The van der Waals surface area contributed by atoms with E-state index in [2.05, 4.69) is 0 Å². The lowest BCUT2D eigenvalue weighted by Crippen LogP contribution is -2.29. The Hall–Kier alpha value is -1.10. The third-order valence-electron chi connectivity index (χ3n) is 3.29. The molecule has 0 amide bonds. The Morgan fingerprint density at radius 3 is 1.95 bits per heavy atom. The largest absolute Gasteiger partial charge is 0.465 e. The van der Waals surface area contributed by atoms with Crippen molar-refractivity contribution < 1.29 is 24.2 Å². The highest BCUT2D eigenvalue weighted by molar-refractivity contribution is 5.75. The molecule has 110 valence electrons. The van der Waals surface area contributed by atoms with Gasteiger partial charge in [-0.15, -0.1) is 0 Å². The molecule has 0 unspecified atom stereocenters. The Morgan fingerprint density at radius 1 is 1.05 bits per heavy atom. The molecule has 1 fully saturated rings. The first-order valence-corrected chi connectivity index (χ1v) is 6.98. The van der Waals surface area contributed by atoms with Crippen LogP contribution in [0.1, 0.15) is 39.5 Å². The van der Waals surface area contributed by atoms with Gasteiger partial charge in [0.15, 0.2) is 0 Å². The highest BCUT2D eigenvalue weighted by Crippen LogP contribution is 2.30. The number of carbonyl (C=O) groups excluding carboxylic acids is 2. The molecular weight excluding hydrogens is 248 g/mol. The van der Waals surface area contributed by atoms with Gasteiger partial charge in [-0.25, -0.2) is 0 Å². The molecule has 0 heterocycles. The third-order valence-corrected chi connectivity index (χ3v) is 3.29. The summed E-state index contributed by atoms with van der Waals surface area (Å²) in [6.45, 7) is 4.36. The molecule has 0 aromatic heterocycles. The van der Waals surface area contributed by atoms with Crippen LogP contribution in [0.25, 0.3) is 0 Å². The van der Waals surface area contributed by atoms with Crippen molar-refractivity contribution in [2.24, 2.45) is 17.8 Å². The van der Waals surface area contributed by atoms with Crippen LogP contribution >= 0.6 is 0 Å². The van der Waals surface area contributed by atoms with Crippen LogP contribution in [0, 0.1) is 17.8 Å². The fourth-order valence-electron chi connectivity index (χ4n) is 2.20. The van der Waals surface area contributed by atoms with Crippen LogP contribution in [0.15, 0.2) is 0 Å². The highest BCUT2D eigenvalue weighted by Gasteiger charge is 2.31. The quantitative estimate of drug-likeness (QED) is 0.742. The summed E-state index contributed by atoms with van der Waals surface area (Å²) in [5.74, 6) is -0.283. The molecule has 1 N–H and O–H groups in total. The molecule has 0 radical (unpaired) electrons. The second-order valence-electron chi connectivity index (χ2n) is 5.46. The van der Waals surface area contributed by atoms with Crippen LogP contribution in [0.4, 0.5) is 0 Å². The zero-order valence-corrected chi connectivity index (χ0v) is 11.8. The van der Waals surface area contributed by atoms with E-state index < -0.39 is 0 Å². The monoisotopic (exact) mass is 272 g/mol. The predicted molar refractivity (Wildman–Crippen MR) is 69.3 cm³/mol. The topological polar surface area (TPSA) is 72.8 Å². The number of hydrogen-bond donors (Lipinski definition) is 1. The Morgan fingerprint density at radius 2 is 1.53 bits per heavy atom. The van der Waals surface area contributed by atoms with Gasteiger partial charge in [-0.2, -0.15) is 0 Å². The summed E-state index contributed by atoms with van der Waals surface area (Å²) in [4.78, 5) is 23.4. The van der Waals surface area contributed by atoms with Crippen LogP contribution in [-0.2, 0) is 19.1 Å². The van der Waals surface area contributed by atoms with Gasteiger partial charge in [0.2, 0.25) is 0 Å². The molecule has 1 aliphatic rings. The second kappa shape index (κ2) is 8.15. The van der Waals surface area contributed by atoms with Gasteiger partial charge in [0, 0.05) is 0 Å². The standard InChI is InChI=1S/C14H24O5/c1-10(2)9-19-14(17)12-5-3-11(4-6-12)13(16)18-8-7-15/h10-12,15H,3-9H2,1-2H3. The third kappa shape index (κ3) is 5.59. The van der Waals surface area contributed by atoms with Crippen LogP contribution in [0.2, 0.25) is 0 Å². The first-order chi connectivity index (χ1) is 9.04. The Bertz CT molecular complexity index is 292. The van der Waals surface area contributed by atoms with Crippen LogP contribution in [-0.4, -0.2) is 36.9 Å². The van der Waals surface area contributed by atoms with E-state index in [9.17, 15) is 9.59 Å². The summed E-state index contributed by atoms with van der Waals surface area (Å²) in [6, 6.07) is 0. The molecule has 0 atom stereocenters. The van der Waals surface area contributed by atoms with Crippen LogP contribution in [0.3, 0.4) is 0 Å². The Balaban J connectivity index is 2.28. The molecule has 1 saturated carbocycles. The van der Waals surface area contributed by atoms with E-state index in [0.717, 1.165) is 0 Å². The number of rotatable bonds is 6. The number of carbonyl (C=O) groups is 2. The van der Waals surface area contributed by atoms with Gasteiger partial charge in [0.1, 0.15) is 6.61 Å². The zero-order valence-electron chi connectivity index (χ0n) is 11.8. The molecule has 0 aliphatic heterocycles. The molecule has 19 heavy (non-hydrogen) atoms. The lowest BCUT2D eigenvalue weighted by molar-refractivity contribution is -0.156. The summed E-state index contributed by atoms with van der Waals surface area (Å²) >= 11 is 0. The van der Waals surface area contributed by atoms with E-state index in [-0.39, 0.29) is 37.0 Å². The highest BCUT2D eigenvalue weighted by atomic mass is 16.5. The summed E-state index contributed by atoms with van der Waals surface area (Å²) in [5, 5.41) is 8.59. The normalized spacial score (nSPS) is 23.2. The number of aliphatic hydroxyl groups excluding tert-OH is 1. The summed E-state index contributed by atoms with van der Waals surface area (Å²) in [7, 11) is 0. The van der Waals surface area contributed by atoms with Crippen LogP contribution < -0.4 is 0 Å². The van der Waals surface area contributed by atoms with Gasteiger partial charge in [-0.1, -0.05) is 13.8 Å². The van der Waals surface area contributed by atoms with E-state index in [0.29, 0.717) is 38.2 Å². The minimum Gasteiger partial charge on any atom is -0.465 e. The molecule has 0 aromatic rings. The number of aliphatic hydroxyl groups is 1. The average Bonchev–Trinajstić information content (AvgIpc) is 2.42. The van der Waals surface area contributed by atoms with E-state index in [1.54, 1.807) is 0 Å². The molecule has 1 rings (SSSR count). The van der Waals surface area contributed by atoms with Crippen molar-refractivity contribution in [2.75, 3.05) is 19.8 Å². The van der Waals surface area contributed by atoms with Gasteiger partial charge in [-0.3, -0.25) is 9.59 Å². The average molecular weight is 272 g/mol. The van der Waals surface area contributed by atoms with Crippen LogP contribution in [0.5, 0.6) is 0 Å². The molecule has 5 heteroatoms. The summed E-state index contributed by atoms with van der Waals surface area (Å²) in [6.07, 6.45) is 2.67. The molecular formula is C14H24O5. The summed E-state index contributed by atoms with van der Waals surface area (Å²) < 4.78 is 10.1. The van der Waals surface area contributed by atoms with E-state index in [1.807, 2.05) is 13.8 Å². The van der Waals surface area contributed by atoms with Gasteiger partial charge in [0.25, 0.3) is 0 Å². The fraction of sp³-hybridized carbons (Fsp3) is 0.857. The maximum Gasteiger partial charge on any atom is 0.309 e. The van der Waals surface area contributed by atoms with Crippen molar-refractivity contribution in [3.63, 3.8) is 0 Å². The molecule has 0 saturated heterocycles. The summed E-state index contributed by atoms with van der Waals surface area (Å²) in [5.41, 5.74) is 0. The number of ether oxygens (including phenoxy) is 2. The molecule has 0 spiro atoms. The number of esters is 2. The maximum atomic E-state index is 11.8. The lowest BCUT2D eigenvalue weighted by atomic mass is 9.82. The Kier molecular flexibility index (Phi) is 6.84. The minimum atomic E-state index is -0.261. The van der Waals surface area contributed by atoms with Crippen molar-refractivity contribution in [3.8, 4) is 0 Å². The Labute approximate surface area is 114 Å². The van der Waals surface area contributed by atoms with Crippen molar-refractivity contribution in [3.05, 3.63) is 0 Å². The SMILES string of the molecule is CC(C)COC(=O)C1CCC(C(=O)OCCO)CC1. The predicted octanol–water partition coefficient (Wildman–Crippen LogP) is 1.53. The maximum absolute atomic E-state index is 11.8.